The zero-order valence-electron chi connectivity index (χ0n) is 9.45. The first-order chi connectivity index (χ1) is 8.29. The highest BCUT2D eigenvalue weighted by molar-refractivity contribution is 7.13. The van der Waals surface area contributed by atoms with E-state index < -0.39 is 17.0 Å². The zero-order valence-corrected chi connectivity index (χ0v) is 10.3. The Labute approximate surface area is 104 Å². The van der Waals surface area contributed by atoms with Crippen molar-refractivity contribution in [1.82, 2.24) is 14.8 Å². The minimum absolute atomic E-state index is 0.0506. The van der Waals surface area contributed by atoms with E-state index in [1.54, 1.807) is 14.0 Å². The summed E-state index contributed by atoms with van der Waals surface area (Å²) in [6.45, 7) is 1.70. The van der Waals surface area contributed by atoms with Crippen LogP contribution in [0, 0.1) is 6.92 Å². The highest BCUT2D eigenvalue weighted by Gasteiger charge is 2.35. The number of aromatic nitrogens is 3. The van der Waals surface area contributed by atoms with Gasteiger partial charge in [-0.05, 0) is 13.0 Å². The molecule has 0 aromatic carbocycles. The normalized spacial score (nSPS) is 11.8. The van der Waals surface area contributed by atoms with Crippen LogP contribution in [0.25, 0.3) is 0 Å². The number of alkyl halides is 3. The monoisotopic (exact) mass is 275 g/mol. The van der Waals surface area contributed by atoms with Gasteiger partial charge in [-0.25, -0.2) is 4.98 Å². The summed E-state index contributed by atoms with van der Waals surface area (Å²) >= 11 is 0.334. The van der Waals surface area contributed by atoms with E-state index in [4.69, 9.17) is 0 Å². The van der Waals surface area contributed by atoms with Gasteiger partial charge in [-0.15, -0.1) is 11.3 Å². The molecule has 0 bridgehead atoms. The van der Waals surface area contributed by atoms with Crippen LogP contribution >= 0.6 is 11.3 Å². The number of rotatable bonds is 2. The van der Waals surface area contributed by atoms with Crippen LogP contribution < -0.4 is 0 Å². The summed E-state index contributed by atoms with van der Waals surface area (Å²) in [6, 6.07) is 1.52. The summed E-state index contributed by atoms with van der Waals surface area (Å²) < 4.78 is 38.4. The fraction of sp³-hybridized carbons (Fsp3) is 0.300. The molecule has 0 unspecified atom stereocenters. The highest BCUT2D eigenvalue weighted by atomic mass is 32.1. The Bertz CT molecular complexity index is 600. The number of thiazole rings is 1. The average Bonchev–Trinajstić information content (AvgIpc) is 2.83. The van der Waals surface area contributed by atoms with Crippen LogP contribution in [0.15, 0.2) is 12.3 Å². The van der Waals surface area contributed by atoms with Crippen LogP contribution in [0.1, 0.15) is 26.1 Å². The number of nitrogens with zero attached hydrogens (tertiary/aromatic N) is 3. The van der Waals surface area contributed by atoms with Crippen molar-refractivity contribution >= 4 is 17.1 Å². The highest BCUT2D eigenvalue weighted by Crippen LogP contribution is 2.33. The van der Waals surface area contributed by atoms with E-state index in [1.807, 2.05) is 0 Å². The molecule has 96 valence electrons. The largest absolute Gasteiger partial charge is 0.443 e. The second kappa shape index (κ2) is 4.20. The minimum Gasteiger partial charge on any atom is -0.286 e. The lowest BCUT2D eigenvalue weighted by molar-refractivity contribution is -0.137. The first kappa shape index (κ1) is 12.7. The molecule has 2 aromatic heterocycles. The fourth-order valence-electron chi connectivity index (χ4n) is 1.46. The maximum Gasteiger partial charge on any atom is 0.443 e. The topological polar surface area (TPSA) is 47.8 Å². The Kier molecular flexibility index (Phi) is 2.97. The molecule has 2 heterocycles. The minimum atomic E-state index is -4.52. The first-order valence-electron chi connectivity index (χ1n) is 4.87. The standard InChI is InChI=1S/C10H8F3N3OS/c1-5-3-6(16(2)15-5)8(17)7-4-14-9(18-7)10(11,12)13/h3-4H,1-2H3. The van der Waals surface area contributed by atoms with Crippen molar-refractivity contribution in [2.45, 2.75) is 13.1 Å². The molecule has 0 fully saturated rings. The molecule has 0 saturated heterocycles. The van der Waals surface area contributed by atoms with Gasteiger partial charge in [0.25, 0.3) is 0 Å². The lowest BCUT2D eigenvalue weighted by Crippen LogP contribution is -2.06. The molecule has 0 aliphatic carbocycles. The Morgan fingerprint density at radius 2 is 2.11 bits per heavy atom. The summed E-state index contributed by atoms with van der Waals surface area (Å²) in [6.07, 6.45) is -3.58. The van der Waals surface area contributed by atoms with E-state index in [0.717, 1.165) is 6.20 Å². The molecule has 8 heteroatoms. The van der Waals surface area contributed by atoms with Gasteiger partial charge in [0.05, 0.1) is 10.6 Å². The van der Waals surface area contributed by atoms with Crippen molar-refractivity contribution in [2.75, 3.05) is 0 Å². The summed E-state index contributed by atoms with van der Waals surface area (Å²) in [5.74, 6) is -0.508. The van der Waals surface area contributed by atoms with Gasteiger partial charge in [-0.3, -0.25) is 9.48 Å². The predicted molar refractivity (Wildman–Crippen MR) is 58.5 cm³/mol. The van der Waals surface area contributed by atoms with Gasteiger partial charge in [0.1, 0.15) is 5.69 Å². The van der Waals surface area contributed by atoms with Crippen LogP contribution in [0.5, 0.6) is 0 Å². The third-order valence-electron chi connectivity index (χ3n) is 2.21. The molecule has 0 aliphatic rings. The second-order valence-electron chi connectivity index (χ2n) is 3.65. The van der Waals surface area contributed by atoms with E-state index in [2.05, 4.69) is 10.1 Å². The van der Waals surface area contributed by atoms with Gasteiger partial charge < -0.3 is 0 Å². The van der Waals surface area contributed by atoms with E-state index in [1.165, 1.54) is 10.7 Å². The maximum atomic E-state index is 12.4. The van der Waals surface area contributed by atoms with E-state index >= 15 is 0 Å². The smallest absolute Gasteiger partial charge is 0.286 e. The third kappa shape index (κ3) is 2.28. The summed E-state index contributed by atoms with van der Waals surface area (Å²) in [7, 11) is 1.56. The summed E-state index contributed by atoms with van der Waals surface area (Å²) in [5, 5.41) is 2.95. The number of hydrogen-bond donors (Lipinski definition) is 0. The Morgan fingerprint density at radius 1 is 1.44 bits per heavy atom. The van der Waals surface area contributed by atoms with E-state index in [9.17, 15) is 18.0 Å². The molecular weight excluding hydrogens is 267 g/mol. The molecule has 4 nitrogen and oxygen atoms in total. The molecule has 2 aromatic rings. The van der Waals surface area contributed by atoms with Crippen LogP contribution in [0.2, 0.25) is 0 Å². The van der Waals surface area contributed by atoms with Crippen molar-refractivity contribution in [3.8, 4) is 0 Å². The number of carbonyl (C=O) groups excluding carboxylic acids is 1. The van der Waals surface area contributed by atoms with Gasteiger partial charge in [0.15, 0.2) is 5.01 Å². The molecule has 0 atom stereocenters. The van der Waals surface area contributed by atoms with E-state index in [-0.39, 0.29) is 10.6 Å². The van der Waals surface area contributed by atoms with Crippen molar-refractivity contribution < 1.29 is 18.0 Å². The number of hydrogen-bond acceptors (Lipinski definition) is 4. The summed E-state index contributed by atoms with van der Waals surface area (Å²) in [5.41, 5.74) is 0.867. The molecule has 0 aliphatic heterocycles. The number of aryl methyl sites for hydroxylation is 2. The molecule has 18 heavy (non-hydrogen) atoms. The first-order valence-corrected chi connectivity index (χ1v) is 5.69. The quantitative estimate of drug-likeness (QED) is 0.791. The number of ketones is 1. The Morgan fingerprint density at radius 3 is 2.56 bits per heavy atom. The van der Waals surface area contributed by atoms with Gasteiger partial charge in [0, 0.05) is 13.2 Å². The van der Waals surface area contributed by atoms with Crippen LogP contribution in [-0.4, -0.2) is 20.5 Å². The maximum absolute atomic E-state index is 12.4. The van der Waals surface area contributed by atoms with E-state index in [0.29, 0.717) is 17.0 Å². The lowest BCUT2D eigenvalue weighted by atomic mass is 10.2. The van der Waals surface area contributed by atoms with Gasteiger partial charge in [-0.1, -0.05) is 0 Å². The second-order valence-corrected chi connectivity index (χ2v) is 4.68. The zero-order chi connectivity index (χ0) is 13.5. The molecule has 0 amide bonds. The van der Waals surface area contributed by atoms with Crippen molar-refractivity contribution in [1.29, 1.82) is 0 Å². The average molecular weight is 275 g/mol. The SMILES string of the molecule is Cc1cc(C(=O)c2cnc(C(F)(F)F)s2)n(C)n1. The summed E-state index contributed by atoms with van der Waals surface area (Å²) in [4.78, 5) is 15.1. The Hall–Kier alpha value is -1.70. The van der Waals surface area contributed by atoms with Crippen molar-refractivity contribution in [3.05, 3.63) is 33.5 Å². The van der Waals surface area contributed by atoms with Gasteiger partial charge >= 0.3 is 6.18 Å². The molecule has 0 N–H and O–H groups in total. The molecular formula is C10H8F3N3OS. The molecule has 0 spiro atoms. The van der Waals surface area contributed by atoms with Gasteiger partial charge in [-0.2, -0.15) is 18.3 Å². The fourth-order valence-corrected chi connectivity index (χ4v) is 2.19. The van der Waals surface area contributed by atoms with Crippen LogP contribution in [0.4, 0.5) is 13.2 Å². The number of carbonyl (C=O) groups is 1. The van der Waals surface area contributed by atoms with Crippen LogP contribution in [-0.2, 0) is 13.2 Å². The lowest BCUT2D eigenvalue weighted by Gasteiger charge is -1.99. The van der Waals surface area contributed by atoms with Crippen LogP contribution in [0.3, 0.4) is 0 Å². The van der Waals surface area contributed by atoms with Gasteiger partial charge in [0.2, 0.25) is 5.78 Å². The third-order valence-corrected chi connectivity index (χ3v) is 3.25. The molecule has 0 saturated carbocycles. The molecule has 2 rings (SSSR count). The number of halogens is 3. The van der Waals surface area contributed by atoms with Crippen molar-refractivity contribution in [2.24, 2.45) is 7.05 Å². The Balaban J connectivity index is 2.35. The molecule has 0 radical (unpaired) electrons. The van der Waals surface area contributed by atoms with Crippen molar-refractivity contribution in [3.63, 3.8) is 0 Å². The predicted octanol–water partition coefficient (Wildman–Crippen LogP) is 2.43.